The average Bonchev–Trinajstić information content (AvgIpc) is 2.76. The molecule has 0 radical (unpaired) electrons. The van der Waals surface area contributed by atoms with Gasteiger partial charge in [0.15, 0.2) is 10.3 Å². The number of hydrogen-bond donors (Lipinski definition) is 1. The van der Waals surface area contributed by atoms with E-state index in [4.69, 9.17) is 9.47 Å². The van der Waals surface area contributed by atoms with Crippen LogP contribution in [-0.4, -0.2) is 60.5 Å². The molecule has 10 nitrogen and oxygen atoms in total. The van der Waals surface area contributed by atoms with Gasteiger partial charge in [0.1, 0.15) is 12.0 Å². The number of nitrogens with zero attached hydrogens (tertiary/aromatic N) is 1. The summed E-state index contributed by atoms with van der Waals surface area (Å²) in [6, 6.07) is 8.96. The zero-order chi connectivity index (χ0) is 22.6. The number of amides is 2. The second-order valence-corrected chi connectivity index (χ2v) is 8.13. The summed E-state index contributed by atoms with van der Waals surface area (Å²) < 4.78 is 44.3. The van der Waals surface area contributed by atoms with Crippen LogP contribution in [0.3, 0.4) is 0 Å². The van der Waals surface area contributed by atoms with Crippen LogP contribution in [0.2, 0.25) is 0 Å². The SMILES string of the molecule is COC1(NC(=O)C(OCc2ccccc2)C2C=CC=CC2=C=O)CN(S(=O)(=O)[O-])C1=O.[Na+]. The molecule has 3 rings (SSSR count). The van der Waals surface area contributed by atoms with E-state index in [1.54, 1.807) is 48.4 Å². The fraction of sp³-hybridized carbons (Fsp3) is 0.300. The van der Waals surface area contributed by atoms with Gasteiger partial charge in [-0.1, -0.05) is 48.6 Å². The van der Waals surface area contributed by atoms with Crippen molar-refractivity contribution in [3.8, 4) is 0 Å². The van der Waals surface area contributed by atoms with E-state index in [9.17, 15) is 27.4 Å². The van der Waals surface area contributed by atoms with Gasteiger partial charge in [-0.25, -0.2) is 17.5 Å². The maximum absolute atomic E-state index is 13.1. The third-order valence-corrected chi connectivity index (χ3v) is 5.76. The molecule has 0 bridgehead atoms. The van der Waals surface area contributed by atoms with Gasteiger partial charge in [-0.3, -0.25) is 9.59 Å². The maximum atomic E-state index is 13.1. The molecule has 164 valence electrons. The van der Waals surface area contributed by atoms with Crippen molar-refractivity contribution in [2.45, 2.75) is 18.4 Å². The second kappa shape index (κ2) is 10.7. The Balaban J connectivity index is 0.00000363. The number of hydrogen-bond acceptors (Lipinski definition) is 8. The van der Waals surface area contributed by atoms with Crippen LogP contribution in [0.5, 0.6) is 0 Å². The molecule has 1 aromatic rings. The minimum Gasteiger partial charge on any atom is -0.731 e. The van der Waals surface area contributed by atoms with Crippen molar-refractivity contribution in [2.75, 3.05) is 13.7 Å². The average molecular weight is 470 g/mol. The molecule has 3 unspecified atom stereocenters. The molecular formula is C20H19N2NaO8S. The molecule has 32 heavy (non-hydrogen) atoms. The van der Waals surface area contributed by atoms with Crippen molar-refractivity contribution in [1.29, 1.82) is 0 Å². The summed E-state index contributed by atoms with van der Waals surface area (Å²) in [7, 11) is -3.95. The van der Waals surface area contributed by atoms with Gasteiger partial charge in [0.2, 0.25) is 5.72 Å². The monoisotopic (exact) mass is 470 g/mol. The van der Waals surface area contributed by atoms with E-state index in [1.165, 1.54) is 6.08 Å². The standard InChI is InChI=1S/C20H20N2O8S.Na/c1-29-20(13-22(19(20)25)31(26,27)28)21-18(24)17(16-10-6-5-9-15(16)11-23)30-12-14-7-3-2-4-8-14;/h2-10,16-17H,12-13H2,1H3,(H,21,24)(H,26,27,28);/q;+1/p-1. The summed E-state index contributed by atoms with van der Waals surface area (Å²) >= 11 is 0. The van der Waals surface area contributed by atoms with Crippen molar-refractivity contribution in [2.24, 2.45) is 5.92 Å². The molecular weight excluding hydrogens is 451 g/mol. The molecule has 3 atom stereocenters. The summed E-state index contributed by atoms with van der Waals surface area (Å²) in [5.74, 6) is -1.09. The van der Waals surface area contributed by atoms with E-state index >= 15 is 0 Å². The van der Waals surface area contributed by atoms with E-state index < -0.39 is 46.4 Å². The van der Waals surface area contributed by atoms with Gasteiger partial charge < -0.3 is 19.3 Å². The van der Waals surface area contributed by atoms with Gasteiger partial charge in [0, 0.05) is 18.6 Å². The van der Waals surface area contributed by atoms with Gasteiger partial charge in [-0.2, -0.15) is 0 Å². The molecule has 1 fully saturated rings. The molecule has 0 spiro atoms. The Hall–Kier alpha value is -2.08. The van der Waals surface area contributed by atoms with Gasteiger partial charge in [-0.15, -0.1) is 0 Å². The summed E-state index contributed by atoms with van der Waals surface area (Å²) in [5.41, 5.74) is -1.11. The van der Waals surface area contributed by atoms with Crippen molar-refractivity contribution in [3.05, 3.63) is 65.8 Å². The first kappa shape index (κ1) is 26.2. The quantitative estimate of drug-likeness (QED) is 0.138. The third-order valence-electron chi connectivity index (χ3n) is 4.92. The predicted molar refractivity (Wildman–Crippen MR) is 105 cm³/mol. The van der Waals surface area contributed by atoms with Crippen LogP contribution in [0.4, 0.5) is 0 Å². The number of nitrogens with one attached hydrogen (secondary N) is 1. The zero-order valence-corrected chi connectivity index (χ0v) is 20.2. The maximum Gasteiger partial charge on any atom is 1.00 e. The molecule has 1 aliphatic carbocycles. The Morgan fingerprint density at radius 2 is 2.03 bits per heavy atom. The van der Waals surface area contributed by atoms with Crippen LogP contribution in [0.15, 0.2) is 60.2 Å². The summed E-state index contributed by atoms with van der Waals surface area (Å²) in [6.07, 6.45) is 5.02. The van der Waals surface area contributed by atoms with Crippen molar-refractivity contribution >= 4 is 28.1 Å². The van der Waals surface area contributed by atoms with Crippen LogP contribution in [-0.2, 0) is 40.8 Å². The Bertz CT molecular complexity index is 1080. The Morgan fingerprint density at radius 3 is 2.59 bits per heavy atom. The van der Waals surface area contributed by atoms with E-state index in [0.717, 1.165) is 12.7 Å². The Morgan fingerprint density at radius 1 is 1.34 bits per heavy atom. The summed E-state index contributed by atoms with van der Waals surface area (Å²) in [6.45, 7) is -0.657. The van der Waals surface area contributed by atoms with Gasteiger partial charge >= 0.3 is 29.6 Å². The summed E-state index contributed by atoms with van der Waals surface area (Å²) in [5, 5.41) is 2.33. The van der Waals surface area contributed by atoms with Crippen molar-refractivity contribution in [1.82, 2.24) is 9.62 Å². The van der Waals surface area contributed by atoms with Crippen LogP contribution >= 0.6 is 0 Å². The van der Waals surface area contributed by atoms with Gasteiger partial charge in [-0.05, 0) is 11.6 Å². The van der Waals surface area contributed by atoms with Crippen LogP contribution in [0.1, 0.15) is 5.56 Å². The van der Waals surface area contributed by atoms with Crippen LogP contribution in [0, 0.1) is 5.92 Å². The second-order valence-electron chi connectivity index (χ2n) is 6.83. The molecule has 2 amide bonds. The molecule has 2 aliphatic rings. The minimum absolute atomic E-state index is 0. The van der Waals surface area contributed by atoms with Crippen molar-refractivity contribution in [3.63, 3.8) is 0 Å². The van der Waals surface area contributed by atoms with Crippen molar-refractivity contribution < 1.29 is 66.4 Å². The predicted octanol–water partition coefficient (Wildman–Crippen LogP) is -3.16. The van der Waals surface area contributed by atoms with E-state index in [0.29, 0.717) is 0 Å². The first-order chi connectivity index (χ1) is 14.7. The normalized spacial score (nSPS) is 23.1. The number of methoxy groups -OCH3 is 1. The molecule has 1 aromatic carbocycles. The first-order valence-corrected chi connectivity index (χ1v) is 10.5. The molecule has 1 aliphatic heterocycles. The van der Waals surface area contributed by atoms with E-state index in [1.807, 2.05) is 6.07 Å². The number of carbonyl (C=O) groups is 2. The van der Waals surface area contributed by atoms with E-state index in [2.05, 4.69) is 5.32 Å². The van der Waals surface area contributed by atoms with Gasteiger partial charge in [0.05, 0.1) is 13.2 Å². The molecule has 1 heterocycles. The molecule has 12 heteroatoms. The topological polar surface area (TPSA) is 142 Å². The number of rotatable bonds is 8. The van der Waals surface area contributed by atoms with Gasteiger partial charge in [0.25, 0.3) is 11.8 Å². The number of β-lactam (4-membered cyclic amide) rings is 1. The zero-order valence-electron chi connectivity index (χ0n) is 17.4. The smallest absolute Gasteiger partial charge is 0.731 e. The molecule has 1 N–H and O–H groups in total. The molecule has 0 aromatic heterocycles. The fourth-order valence-electron chi connectivity index (χ4n) is 3.23. The molecule has 1 saturated heterocycles. The number of allylic oxidation sites excluding steroid dienone is 3. The van der Waals surface area contributed by atoms with E-state index in [-0.39, 0.29) is 46.0 Å². The Kier molecular flexibility index (Phi) is 8.74. The number of ether oxygens (including phenoxy) is 2. The Labute approximate surface area is 207 Å². The number of carbonyl (C=O) groups excluding carboxylic acids is 3. The first-order valence-electron chi connectivity index (χ1n) is 9.12. The molecule has 0 saturated carbocycles. The van der Waals surface area contributed by atoms with Crippen LogP contribution in [0.25, 0.3) is 0 Å². The third kappa shape index (κ3) is 5.45. The minimum atomic E-state index is -5.04. The van der Waals surface area contributed by atoms with Crippen LogP contribution < -0.4 is 34.9 Å². The largest absolute Gasteiger partial charge is 1.00 e. The fourth-order valence-corrected chi connectivity index (χ4v) is 3.92. The number of benzene rings is 1. The summed E-state index contributed by atoms with van der Waals surface area (Å²) in [4.78, 5) is 36.7.